The second kappa shape index (κ2) is 5.25. The van der Waals surface area contributed by atoms with Gasteiger partial charge in [-0.2, -0.15) is 0 Å². The smallest absolute Gasteiger partial charge is 0.325 e. The second-order valence-corrected chi connectivity index (χ2v) is 4.38. The summed E-state index contributed by atoms with van der Waals surface area (Å²) in [6, 6.07) is 3.32. The molecule has 1 aliphatic rings. The fourth-order valence-corrected chi connectivity index (χ4v) is 2.24. The first-order chi connectivity index (χ1) is 8.18. The fourth-order valence-electron chi connectivity index (χ4n) is 2.24. The van der Waals surface area contributed by atoms with E-state index >= 15 is 0 Å². The Labute approximate surface area is 100 Å². The molecule has 2 heterocycles. The number of hydrogen-bond acceptors (Lipinski definition) is 4. The minimum absolute atomic E-state index is 0.322. The Morgan fingerprint density at radius 1 is 1.71 bits per heavy atom. The van der Waals surface area contributed by atoms with E-state index in [0.29, 0.717) is 6.04 Å². The average Bonchev–Trinajstić information content (AvgIpc) is 2.30. The first kappa shape index (κ1) is 12.0. The van der Waals surface area contributed by atoms with Crippen molar-refractivity contribution in [3.8, 4) is 0 Å². The van der Waals surface area contributed by atoms with Crippen molar-refractivity contribution >= 4 is 5.97 Å². The molecule has 1 fully saturated rings. The van der Waals surface area contributed by atoms with Crippen molar-refractivity contribution in [1.29, 1.82) is 0 Å². The molecule has 2 unspecified atom stereocenters. The molecule has 0 spiro atoms. The van der Waals surface area contributed by atoms with Gasteiger partial charge in [-0.1, -0.05) is 6.07 Å². The third-order valence-corrected chi connectivity index (χ3v) is 3.00. The van der Waals surface area contributed by atoms with Crippen LogP contribution in [0.4, 0.5) is 0 Å². The van der Waals surface area contributed by atoms with Gasteiger partial charge in [-0.25, -0.2) is 0 Å². The molecule has 2 rings (SSSR count). The number of aromatic nitrogens is 1. The Morgan fingerprint density at radius 2 is 2.53 bits per heavy atom. The summed E-state index contributed by atoms with van der Waals surface area (Å²) in [6.07, 6.45) is 3.29. The largest absolute Gasteiger partial charge is 0.480 e. The first-order valence-electron chi connectivity index (χ1n) is 5.78. The van der Waals surface area contributed by atoms with Gasteiger partial charge in [0.1, 0.15) is 6.04 Å². The van der Waals surface area contributed by atoms with Crippen LogP contribution in [0.3, 0.4) is 0 Å². The highest BCUT2D eigenvalue weighted by molar-refractivity contribution is 5.75. The first-order valence-corrected chi connectivity index (χ1v) is 5.78. The SMILES string of the molecule is CC1CN(C(C(=O)O)c2cccnc2)CCN1. The van der Waals surface area contributed by atoms with Crippen molar-refractivity contribution < 1.29 is 9.90 Å². The van der Waals surface area contributed by atoms with E-state index < -0.39 is 12.0 Å². The zero-order valence-electron chi connectivity index (χ0n) is 9.84. The standard InChI is InChI=1S/C12H17N3O2/c1-9-8-15(6-5-14-9)11(12(16)17)10-3-2-4-13-7-10/h2-4,7,9,11,14H,5-6,8H2,1H3,(H,16,17). The van der Waals surface area contributed by atoms with Gasteiger partial charge in [0.2, 0.25) is 0 Å². The number of piperazine rings is 1. The van der Waals surface area contributed by atoms with Crippen LogP contribution in [-0.4, -0.2) is 46.6 Å². The number of nitrogens with zero attached hydrogens (tertiary/aromatic N) is 2. The van der Waals surface area contributed by atoms with Gasteiger partial charge in [0.15, 0.2) is 0 Å². The quantitative estimate of drug-likeness (QED) is 0.798. The number of pyridine rings is 1. The molecule has 92 valence electrons. The molecule has 0 amide bonds. The number of carboxylic acid groups (broad SMARTS) is 1. The molecule has 1 aromatic rings. The minimum Gasteiger partial charge on any atom is -0.480 e. The molecule has 2 atom stereocenters. The van der Waals surface area contributed by atoms with E-state index in [2.05, 4.69) is 17.2 Å². The Kier molecular flexibility index (Phi) is 3.71. The highest BCUT2D eigenvalue weighted by Gasteiger charge is 2.30. The molecule has 1 saturated heterocycles. The monoisotopic (exact) mass is 235 g/mol. The Bertz CT molecular complexity index is 383. The van der Waals surface area contributed by atoms with Crippen molar-refractivity contribution in [2.75, 3.05) is 19.6 Å². The van der Waals surface area contributed by atoms with Gasteiger partial charge in [0.25, 0.3) is 0 Å². The van der Waals surface area contributed by atoms with E-state index in [4.69, 9.17) is 0 Å². The van der Waals surface area contributed by atoms with Crippen LogP contribution in [0.15, 0.2) is 24.5 Å². The lowest BCUT2D eigenvalue weighted by atomic mass is 10.1. The van der Waals surface area contributed by atoms with Crippen LogP contribution in [0.25, 0.3) is 0 Å². The van der Waals surface area contributed by atoms with E-state index in [-0.39, 0.29) is 0 Å². The molecular formula is C12H17N3O2. The van der Waals surface area contributed by atoms with Gasteiger partial charge < -0.3 is 10.4 Å². The number of hydrogen-bond donors (Lipinski definition) is 2. The third kappa shape index (κ3) is 2.81. The Morgan fingerprint density at radius 3 is 3.12 bits per heavy atom. The molecule has 1 aliphatic heterocycles. The van der Waals surface area contributed by atoms with Crippen LogP contribution in [0.1, 0.15) is 18.5 Å². The van der Waals surface area contributed by atoms with Crippen LogP contribution in [0, 0.1) is 0 Å². The number of rotatable bonds is 3. The summed E-state index contributed by atoms with van der Waals surface area (Å²) < 4.78 is 0. The molecule has 0 bridgehead atoms. The van der Waals surface area contributed by atoms with Crippen LogP contribution in [0.5, 0.6) is 0 Å². The molecule has 2 N–H and O–H groups in total. The van der Waals surface area contributed by atoms with Crippen molar-refractivity contribution in [3.63, 3.8) is 0 Å². The lowest BCUT2D eigenvalue weighted by Gasteiger charge is -2.35. The van der Waals surface area contributed by atoms with Crippen LogP contribution in [0.2, 0.25) is 0 Å². The molecule has 1 aromatic heterocycles. The van der Waals surface area contributed by atoms with Crippen LogP contribution in [-0.2, 0) is 4.79 Å². The summed E-state index contributed by atoms with van der Waals surface area (Å²) in [5.41, 5.74) is 0.745. The number of aliphatic carboxylic acids is 1. The van der Waals surface area contributed by atoms with Crippen molar-refractivity contribution in [2.24, 2.45) is 0 Å². The van der Waals surface area contributed by atoms with Gasteiger partial charge >= 0.3 is 5.97 Å². The maximum atomic E-state index is 11.4. The average molecular weight is 235 g/mol. The minimum atomic E-state index is -0.813. The van der Waals surface area contributed by atoms with E-state index in [1.165, 1.54) is 0 Å². The molecule has 5 nitrogen and oxygen atoms in total. The van der Waals surface area contributed by atoms with E-state index in [1.807, 2.05) is 11.0 Å². The molecule has 0 aliphatic carbocycles. The maximum Gasteiger partial charge on any atom is 0.325 e. The third-order valence-electron chi connectivity index (χ3n) is 3.00. The van der Waals surface area contributed by atoms with Gasteiger partial charge in [0.05, 0.1) is 0 Å². The Hall–Kier alpha value is -1.46. The van der Waals surface area contributed by atoms with Crippen LogP contribution < -0.4 is 5.32 Å². The predicted molar refractivity (Wildman–Crippen MR) is 63.7 cm³/mol. The molecule has 0 saturated carbocycles. The fraction of sp³-hybridized carbons (Fsp3) is 0.500. The van der Waals surface area contributed by atoms with Crippen molar-refractivity contribution in [2.45, 2.75) is 19.0 Å². The topological polar surface area (TPSA) is 65.5 Å². The van der Waals surface area contributed by atoms with Gasteiger partial charge in [-0.3, -0.25) is 14.7 Å². The predicted octanol–water partition coefficient (Wildman–Crippen LogP) is 0.501. The summed E-state index contributed by atoms with van der Waals surface area (Å²) in [6.45, 7) is 4.38. The van der Waals surface area contributed by atoms with Crippen molar-refractivity contribution in [3.05, 3.63) is 30.1 Å². The van der Waals surface area contributed by atoms with Gasteiger partial charge in [0, 0.05) is 38.1 Å². The number of carbonyl (C=O) groups is 1. The normalized spacial score (nSPS) is 23.2. The lowest BCUT2D eigenvalue weighted by molar-refractivity contribution is -0.144. The van der Waals surface area contributed by atoms with Gasteiger partial charge in [-0.05, 0) is 18.6 Å². The summed E-state index contributed by atoms with van der Waals surface area (Å²) in [4.78, 5) is 17.4. The zero-order chi connectivity index (χ0) is 12.3. The Balaban J connectivity index is 2.20. The number of nitrogens with one attached hydrogen (secondary N) is 1. The highest BCUT2D eigenvalue weighted by atomic mass is 16.4. The van der Waals surface area contributed by atoms with Crippen LogP contribution >= 0.6 is 0 Å². The van der Waals surface area contributed by atoms with E-state index in [9.17, 15) is 9.90 Å². The highest BCUT2D eigenvalue weighted by Crippen LogP contribution is 2.21. The summed E-state index contributed by atoms with van der Waals surface area (Å²) in [7, 11) is 0. The number of carboxylic acids is 1. The van der Waals surface area contributed by atoms with E-state index in [0.717, 1.165) is 25.2 Å². The summed E-state index contributed by atoms with van der Waals surface area (Å²) in [5, 5.41) is 12.7. The van der Waals surface area contributed by atoms with Gasteiger partial charge in [-0.15, -0.1) is 0 Å². The molecule has 0 radical (unpaired) electrons. The summed E-state index contributed by atoms with van der Waals surface area (Å²) >= 11 is 0. The zero-order valence-corrected chi connectivity index (χ0v) is 9.84. The maximum absolute atomic E-state index is 11.4. The molecule has 0 aromatic carbocycles. The van der Waals surface area contributed by atoms with Crippen molar-refractivity contribution in [1.82, 2.24) is 15.2 Å². The lowest BCUT2D eigenvalue weighted by Crippen LogP contribution is -2.51. The molecule has 5 heteroatoms. The summed E-state index contributed by atoms with van der Waals surface area (Å²) in [5.74, 6) is -0.813. The van der Waals surface area contributed by atoms with E-state index in [1.54, 1.807) is 18.5 Å². The second-order valence-electron chi connectivity index (χ2n) is 4.38. The molecule has 17 heavy (non-hydrogen) atoms. The molecular weight excluding hydrogens is 218 g/mol.